The van der Waals surface area contributed by atoms with Gasteiger partial charge in [-0.3, -0.25) is 9.71 Å². The fourth-order valence-corrected chi connectivity index (χ4v) is 4.39. The molecule has 2 rings (SSSR count). The first-order valence-electron chi connectivity index (χ1n) is 5.19. The van der Waals surface area contributed by atoms with Crippen molar-refractivity contribution in [3.05, 3.63) is 22.7 Å². The van der Waals surface area contributed by atoms with Crippen LogP contribution < -0.4 is 10.5 Å². The number of hydrogen-bond donors (Lipinski definition) is 2. The first-order valence-corrected chi connectivity index (χ1v) is 7.87. The lowest BCUT2D eigenvalue weighted by molar-refractivity contribution is 0.590. The minimum atomic E-state index is -3.56. The van der Waals surface area contributed by atoms with Gasteiger partial charge < -0.3 is 5.73 Å². The van der Waals surface area contributed by atoms with E-state index in [1.807, 2.05) is 0 Å². The number of rotatable bonds is 2. The van der Waals surface area contributed by atoms with Crippen LogP contribution in [0.15, 0.2) is 26.9 Å². The van der Waals surface area contributed by atoms with Crippen molar-refractivity contribution in [3.63, 3.8) is 0 Å². The van der Waals surface area contributed by atoms with Gasteiger partial charge in [0.25, 0.3) is 10.0 Å². The zero-order valence-electron chi connectivity index (χ0n) is 9.60. The summed E-state index contributed by atoms with van der Waals surface area (Å²) in [7, 11) is -3.56. The van der Waals surface area contributed by atoms with E-state index in [-0.39, 0.29) is 4.90 Å². The molecule has 0 saturated carbocycles. The number of fused-ring (bicyclic) bond motifs is 1. The van der Waals surface area contributed by atoms with Gasteiger partial charge in [0.2, 0.25) is 0 Å². The first kappa shape index (κ1) is 13.7. The lowest BCUT2D eigenvalue weighted by Gasteiger charge is -2.20. The summed E-state index contributed by atoms with van der Waals surface area (Å²) >= 11 is 7.24. The van der Waals surface area contributed by atoms with Crippen LogP contribution in [0.25, 0.3) is 0 Å². The summed E-state index contributed by atoms with van der Waals surface area (Å²) in [5, 5.41) is 0.865. The van der Waals surface area contributed by atoms with Gasteiger partial charge in [-0.05, 0) is 24.6 Å². The molecule has 0 aliphatic carbocycles. The second-order valence-electron chi connectivity index (χ2n) is 3.73. The van der Waals surface area contributed by atoms with Crippen molar-refractivity contribution < 1.29 is 8.42 Å². The van der Waals surface area contributed by atoms with Crippen LogP contribution in [0.1, 0.15) is 5.56 Å². The van der Waals surface area contributed by atoms with Crippen LogP contribution in [0, 0.1) is 6.92 Å². The fourth-order valence-electron chi connectivity index (χ4n) is 1.45. The van der Waals surface area contributed by atoms with Gasteiger partial charge in [0.05, 0.1) is 6.54 Å². The van der Waals surface area contributed by atoms with Gasteiger partial charge in [0.1, 0.15) is 4.90 Å². The van der Waals surface area contributed by atoms with Crippen LogP contribution in [0.3, 0.4) is 0 Å². The topological polar surface area (TPSA) is 84.5 Å². The van der Waals surface area contributed by atoms with E-state index in [1.165, 1.54) is 11.8 Å². The van der Waals surface area contributed by atoms with Crippen molar-refractivity contribution in [2.45, 2.75) is 16.7 Å². The summed E-state index contributed by atoms with van der Waals surface area (Å²) < 4.78 is 26.5. The molecule has 0 aromatic heterocycles. The summed E-state index contributed by atoms with van der Waals surface area (Å²) in [6, 6.07) is 3.21. The molecule has 1 aliphatic heterocycles. The second kappa shape index (κ2) is 5.08. The summed E-state index contributed by atoms with van der Waals surface area (Å²) in [6.45, 7) is 2.51. The number of nitrogens with one attached hydrogen (secondary N) is 1. The van der Waals surface area contributed by atoms with Gasteiger partial charge in [0.15, 0.2) is 5.17 Å². The quantitative estimate of drug-likeness (QED) is 0.863. The summed E-state index contributed by atoms with van der Waals surface area (Å²) in [5.74, 6) is 0. The number of sulfonamides is 1. The fraction of sp³-hybridized carbons (Fsp3) is 0.300. The van der Waals surface area contributed by atoms with Gasteiger partial charge in [-0.1, -0.05) is 23.4 Å². The molecule has 3 N–H and O–H groups in total. The predicted molar refractivity (Wildman–Crippen MR) is 73.7 cm³/mol. The highest BCUT2D eigenvalue weighted by molar-refractivity contribution is 8.16. The number of thioether (sulfide) groups is 1. The molecule has 0 atom stereocenters. The average molecular weight is 306 g/mol. The van der Waals surface area contributed by atoms with Crippen molar-refractivity contribution in [3.8, 4) is 0 Å². The number of nitrogens with zero attached hydrogens (tertiary/aromatic N) is 1. The highest BCUT2D eigenvalue weighted by Crippen LogP contribution is 2.35. The van der Waals surface area contributed by atoms with E-state index in [2.05, 4.69) is 9.71 Å². The Hall–Kier alpha value is -0.760. The third-order valence-corrected chi connectivity index (χ3v) is 5.35. The van der Waals surface area contributed by atoms with Gasteiger partial charge >= 0.3 is 0 Å². The Morgan fingerprint density at radius 1 is 1.50 bits per heavy atom. The molecule has 98 valence electrons. The maximum Gasteiger partial charge on any atom is 0.264 e. The van der Waals surface area contributed by atoms with Crippen LogP contribution in [-0.2, 0) is 10.0 Å². The first-order chi connectivity index (χ1) is 8.44. The van der Waals surface area contributed by atoms with Crippen LogP contribution >= 0.6 is 23.4 Å². The zero-order valence-corrected chi connectivity index (χ0v) is 12.0. The summed E-state index contributed by atoms with van der Waals surface area (Å²) in [4.78, 5) is 4.89. The second-order valence-corrected chi connectivity index (χ2v) is 6.82. The molecule has 0 fully saturated rings. The predicted octanol–water partition coefficient (Wildman–Crippen LogP) is 1.35. The summed E-state index contributed by atoms with van der Waals surface area (Å²) in [6.07, 6.45) is 0. The summed E-state index contributed by atoms with van der Waals surface area (Å²) in [5.41, 5.74) is 6.06. The molecule has 1 heterocycles. The minimum absolute atomic E-state index is 0.237. The molecule has 8 heteroatoms. The largest absolute Gasteiger partial charge is 0.329 e. The van der Waals surface area contributed by atoms with E-state index in [1.54, 1.807) is 19.1 Å². The Labute approximate surface area is 115 Å². The molecule has 1 aromatic rings. The van der Waals surface area contributed by atoms with E-state index in [0.29, 0.717) is 28.2 Å². The number of amidine groups is 1. The maximum atomic E-state index is 12.0. The maximum absolute atomic E-state index is 12.0. The highest BCUT2D eigenvalue weighted by Gasteiger charge is 2.28. The van der Waals surface area contributed by atoms with Crippen molar-refractivity contribution >= 4 is 38.6 Å². The van der Waals surface area contributed by atoms with E-state index >= 15 is 0 Å². The van der Waals surface area contributed by atoms with Gasteiger partial charge in [-0.2, -0.15) is 0 Å². The zero-order chi connectivity index (χ0) is 13.3. The number of nitrogens with two attached hydrogens (primary N) is 1. The van der Waals surface area contributed by atoms with Crippen molar-refractivity contribution in [1.29, 1.82) is 0 Å². The molecule has 0 spiro atoms. The molecule has 0 unspecified atom stereocenters. The van der Waals surface area contributed by atoms with Crippen LogP contribution in [0.2, 0.25) is 5.02 Å². The average Bonchev–Trinajstić information content (AvgIpc) is 2.28. The Bertz CT molecular complexity index is 614. The van der Waals surface area contributed by atoms with E-state index in [0.717, 1.165) is 5.56 Å². The van der Waals surface area contributed by atoms with Crippen molar-refractivity contribution in [2.75, 3.05) is 13.1 Å². The number of hydrogen-bond acceptors (Lipinski definition) is 5. The molecule has 1 aromatic carbocycles. The Morgan fingerprint density at radius 3 is 2.89 bits per heavy atom. The third-order valence-electron chi connectivity index (χ3n) is 2.33. The van der Waals surface area contributed by atoms with E-state index < -0.39 is 10.0 Å². The Balaban J connectivity index is 2.50. The standard InChI is InChI=1S/C10H12ClN3O2S2/c1-6-4-9-8(5-7(6)11)17-10(13-3-2-12)14-18(9,15)16/h4-5H,2-3,12H2,1H3,(H,13,14). The highest BCUT2D eigenvalue weighted by atomic mass is 35.5. The minimum Gasteiger partial charge on any atom is -0.329 e. The van der Waals surface area contributed by atoms with E-state index in [4.69, 9.17) is 17.3 Å². The molecular formula is C10H12ClN3O2S2. The molecule has 5 nitrogen and oxygen atoms in total. The van der Waals surface area contributed by atoms with Crippen LogP contribution in [0.4, 0.5) is 0 Å². The smallest absolute Gasteiger partial charge is 0.264 e. The van der Waals surface area contributed by atoms with Gasteiger partial charge in [0, 0.05) is 16.5 Å². The van der Waals surface area contributed by atoms with Crippen molar-refractivity contribution in [2.24, 2.45) is 10.7 Å². The number of aliphatic imine (C=N–C) groups is 1. The normalized spacial score (nSPS) is 19.4. The van der Waals surface area contributed by atoms with Crippen LogP contribution in [-0.4, -0.2) is 26.7 Å². The van der Waals surface area contributed by atoms with Gasteiger partial charge in [-0.25, -0.2) is 8.42 Å². The molecular weight excluding hydrogens is 294 g/mol. The molecule has 0 radical (unpaired) electrons. The van der Waals surface area contributed by atoms with Gasteiger partial charge in [-0.15, -0.1) is 0 Å². The molecule has 0 amide bonds. The number of aryl methyl sites for hydroxylation is 1. The lowest BCUT2D eigenvalue weighted by atomic mass is 10.2. The lowest BCUT2D eigenvalue weighted by Crippen LogP contribution is -2.33. The third kappa shape index (κ3) is 2.64. The molecule has 0 bridgehead atoms. The van der Waals surface area contributed by atoms with Crippen LogP contribution in [0.5, 0.6) is 0 Å². The molecule has 1 aliphatic rings. The number of halogens is 1. The molecule has 0 saturated heterocycles. The molecule has 18 heavy (non-hydrogen) atoms. The monoisotopic (exact) mass is 305 g/mol. The number of benzene rings is 1. The van der Waals surface area contributed by atoms with Crippen molar-refractivity contribution in [1.82, 2.24) is 4.72 Å². The van der Waals surface area contributed by atoms with E-state index in [9.17, 15) is 8.42 Å². The Morgan fingerprint density at radius 2 is 2.22 bits per heavy atom. The SMILES string of the molecule is Cc1cc2c(cc1Cl)SC(=NCCN)NS2(=O)=O. The Kier molecular flexibility index (Phi) is 3.86.